The lowest BCUT2D eigenvalue weighted by atomic mass is 10.0. The highest BCUT2D eigenvalue weighted by Crippen LogP contribution is 2.31. The number of hydrogen-bond donors (Lipinski definition) is 0. The molecule has 0 radical (unpaired) electrons. The molecule has 0 spiro atoms. The van der Waals surface area contributed by atoms with Crippen LogP contribution >= 0.6 is 0 Å². The fourth-order valence-corrected chi connectivity index (χ4v) is 3.41. The summed E-state index contributed by atoms with van der Waals surface area (Å²) < 4.78 is 0. The molecule has 0 saturated carbocycles. The van der Waals surface area contributed by atoms with E-state index < -0.39 is 0 Å². The summed E-state index contributed by atoms with van der Waals surface area (Å²) >= 11 is 0. The number of hydrogen-bond acceptors (Lipinski definition) is 2. The molecule has 0 amide bonds. The molecule has 0 N–H and O–H groups in total. The average Bonchev–Trinajstić information content (AvgIpc) is 2.89. The Balaban J connectivity index is 1.64. The van der Waals surface area contributed by atoms with Gasteiger partial charge in [-0.2, -0.15) is 0 Å². The number of rotatable bonds is 3. The van der Waals surface area contributed by atoms with Gasteiger partial charge in [0.1, 0.15) is 0 Å². The first-order chi connectivity index (χ1) is 8.93. The van der Waals surface area contributed by atoms with Crippen LogP contribution in [0.15, 0.2) is 30.3 Å². The van der Waals surface area contributed by atoms with Gasteiger partial charge >= 0.3 is 0 Å². The molecular formula is C16H24N2. The van der Waals surface area contributed by atoms with Gasteiger partial charge in [-0.05, 0) is 44.3 Å². The second kappa shape index (κ2) is 5.85. The highest BCUT2D eigenvalue weighted by atomic mass is 15.3. The van der Waals surface area contributed by atoms with Crippen LogP contribution < -0.4 is 0 Å². The van der Waals surface area contributed by atoms with E-state index in [0.29, 0.717) is 6.04 Å². The van der Waals surface area contributed by atoms with Gasteiger partial charge in [0, 0.05) is 12.6 Å². The molecular weight excluding hydrogens is 220 g/mol. The van der Waals surface area contributed by atoms with Crippen molar-refractivity contribution in [2.45, 2.75) is 38.1 Å². The molecule has 0 aliphatic carbocycles. The number of nitrogens with zero attached hydrogens (tertiary/aromatic N) is 2. The van der Waals surface area contributed by atoms with Gasteiger partial charge < -0.3 is 0 Å². The molecule has 0 aromatic heterocycles. The Morgan fingerprint density at radius 1 is 0.889 bits per heavy atom. The van der Waals surface area contributed by atoms with Gasteiger partial charge in [0.15, 0.2) is 0 Å². The quantitative estimate of drug-likeness (QED) is 0.805. The smallest absolute Gasteiger partial charge is 0.0511 e. The summed E-state index contributed by atoms with van der Waals surface area (Å²) in [6.07, 6.45) is 6.90. The van der Waals surface area contributed by atoms with Crippen molar-refractivity contribution in [3.63, 3.8) is 0 Å². The lowest BCUT2D eigenvalue weighted by Gasteiger charge is -2.34. The van der Waals surface area contributed by atoms with Gasteiger partial charge in [-0.15, -0.1) is 0 Å². The van der Waals surface area contributed by atoms with Crippen LogP contribution in [-0.4, -0.2) is 36.1 Å². The second-order valence-electron chi connectivity index (χ2n) is 5.70. The van der Waals surface area contributed by atoms with Crippen molar-refractivity contribution >= 4 is 0 Å². The Hall–Kier alpha value is -0.860. The van der Waals surface area contributed by atoms with Gasteiger partial charge in [-0.1, -0.05) is 36.8 Å². The molecule has 2 aliphatic rings. The van der Waals surface area contributed by atoms with Crippen molar-refractivity contribution in [3.05, 3.63) is 35.9 Å². The van der Waals surface area contributed by atoms with E-state index in [1.807, 2.05) is 0 Å². The summed E-state index contributed by atoms with van der Waals surface area (Å²) in [5.41, 5.74) is 1.51. The van der Waals surface area contributed by atoms with Crippen LogP contribution in [0.3, 0.4) is 0 Å². The van der Waals surface area contributed by atoms with E-state index in [1.54, 1.807) is 0 Å². The van der Waals surface area contributed by atoms with Gasteiger partial charge in [0.25, 0.3) is 0 Å². The summed E-state index contributed by atoms with van der Waals surface area (Å²) in [4.78, 5) is 5.32. The van der Waals surface area contributed by atoms with Crippen molar-refractivity contribution in [2.75, 3.05) is 26.3 Å². The van der Waals surface area contributed by atoms with E-state index in [4.69, 9.17) is 0 Å². The van der Waals surface area contributed by atoms with E-state index in [0.717, 1.165) is 0 Å². The van der Waals surface area contributed by atoms with Crippen LogP contribution in [0.2, 0.25) is 0 Å². The highest BCUT2D eigenvalue weighted by molar-refractivity contribution is 5.19. The first-order valence-corrected chi connectivity index (χ1v) is 7.45. The first-order valence-electron chi connectivity index (χ1n) is 7.45. The van der Waals surface area contributed by atoms with Gasteiger partial charge in [0.05, 0.1) is 6.67 Å². The summed E-state index contributed by atoms with van der Waals surface area (Å²) in [6.45, 7) is 5.06. The van der Waals surface area contributed by atoms with Crippen LogP contribution in [0.1, 0.15) is 43.7 Å². The van der Waals surface area contributed by atoms with Gasteiger partial charge in [0.2, 0.25) is 0 Å². The van der Waals surface area contributed by atoms with Crippen molar-refractivity contribution in [1.29, 1.82) is 0 Å². The molecule has 2 heterocycles. The zero-order chi connectivity index (χ0) is 12.2. The summed E-state index contributed by atoms with van der Waals surface area (Å²) in [7, 11) is 0. The van der Waals surface area contributed by atoms with Crippen LogP contribution in [0, 0.1) is 0 Å². The van der Waals surface area contributed by atoms with E-state index >= 15 is 0 Å². The fraction of sp³-hybridized carbons (Fsp3) is 0.625. The number of piperidine rings is 1. The van der Waals surface area contributed by atoms with Gasteiger partial charge in [-0.3, -0.25) is 9.80 Å². The van der Waals surface area contributed by atoms with Crippen LogP contribution in [0.5, 0.6) is 0 Å². The monoisotopic (exact) mass is 244 g/mol. The third-order valence-electron chi connectivity index (χ3n) is 4.38. The molecule has 1 unspecified atom stereocenters. The molecule has 1 atom stereocenters. The fourth-order valence-electron chi connectivity index (χ4n) is 3.41. The lowest BCUT2D eigenvalue weighted by molar-refractivity contribution is 0.104. The average molecular weight is 244 g/mol. The molecule has 0 bridgehead atoms. The maximum atomic E-state index is 2.68. The topological polar surface area (TPSA) is 6.48 Å². The largest absolute Gasteiger partial charge is 0.290 e. The minimum Gasteiger partial charge on any atom is -0.290 e. The van der Waals surface area contributed by atoms with E-state index in [1.165, 1.54) is 64.0 Å². The third-order valence-corrected chi connectivity index (χ3v) is 4.38. The highest BCUT2D eigenvalue weighted by Gasteiger charge is 2.27. The Kier molecular flexibility index (Phi) is 3.96. The molecule has 2 saturated heterocycles. The molecule has 18 heavy (non-hydrogen) atoms. The summed E-state index contributed by atoms with van der Waals surface area (Å²) in [6, 6.07) is 11.7. The lowest BCUT2D eigenvalue weighted by Crippen LogP contribution is -2.40. The molecule has 3 rings (SSSR count). The third kappa shape index (κ3) is 2.76. The standard InChI is InChI=1S/C16H24N2/c1-3-8-15(9-4-1)16-10-7-13-18(16)14-17-11-5-2-6-12-17/h1,3-4,8-9,16H,2,5-7,10-14H2. The van der Waals surface area contributed by atoms with Crippen molar-refractivity contribution in [2.24, 2.45) is 0 Å². The van der Waals surface area contributed by atoms with Crippen molar-refractivity contribution in [3.8, 4) is 0 Å². The molecule has 1 aromatic carbocycles. The number of benzene rings is 1. The Labute approximate surface area is 111 Å². The van der Waals surface area contributed by atoms with E-state index in [9.17, 15) is 0 Å². The minimum absolute atomic E-state index is 0.660. The van der Waals surface area contributed by atoms with Crippen molar-refractivity contribution in [1.82, 2.24) is 9.80 Å². The van der Waals surface area contributed by atoms with Crippen molar-refractivity contribution < 1.29 is 0 Å². The number of likely N-dealkylation sites (tertiary alicyclic amines) is 2. The Bertz CT molecular complexity index is 357. The zero-order valence-electron chi connectivity index (χ0n) is 11.2. The first kappa shape index (κ1) is 12.2. The Morgan fingerprint density at radius 2 is 1.67 bits per heavy atom. The SMILES string of the molecule is c1ccc(C2CCCN2CN2CCCCC2)cc1. The Morgan fingerprint density at radius 3 is 2.44 bits per heavy atom. The van der Waals surface area contributed by atoms with Crippen LogP contribution in [0.4, 0.5) is 0 Å². The molecule has 2 fully saturated rings. The van der Waals surface area contributed by atoms with Gasteiger partial charge in [-0.25, -0.2) is 0 Å². The molecule has 98 valence electrons. The minimum atomic E-state index is 0.660. The molecule has 2 heteroatoms. The van der Waals surface area contributed by atoms with E-state index in [-0.39, 0.29) is 0 Å². The van der Waals surface area contributed by atoms with E-state index in [2.05, 4.69) is 40.1 Å². The predicted molar refractivity (Wildman–Crippen MR) is 75.4 cm³/mol. The molecule has 2 aliphatic heterocycles. The maximum Gasteiger partial charge on any atom is 0.0511 e. The predicted octanol–water partition coefficient (Wildman–Crippen LogP) is 3.27. The second-order valence-corrected chi connectivity index (χ2v) is 5.70. The maximum absolute atomic E-state index is 2.68. The van der Waals surface area contributed by atoms with Crippen LogP contribution in [0.25, 0.3) is 0 Å². The molecule has 2 nitrogen and oxygen atoms in total. The zero-order valence-corrected chi connectivity index (χ0v) is 11.2. The normalized spacial score (nSPS) is 26.6. The summed E-state index contributed by atoms with van der Waals surface area (Å²) in [5.74, 6) is 0. The summed E-state index contributed by atoms with van der Waals surface area (Å²) in [5, 5.41) is 0. The molecule has 1 aromatic rings. The van der Waals surface area contributed by atoms with Crippen LogP contribution in [-0.2, 0) is 0 Å².